The first-order valence-corrected chi connectivity index (χ1v) is 9.89. The van der Waals surface area contributed by atoms with E-state index in [2.05, 4.69) is 41.0 Å². The molecule has 0 amide bonds. The summed E-state index contributed by atoms with van der Waals surface area (Å²) >= 11 is 0. The van der Waals surface area contributed by atoms with Crippen molar-refractivity contribution in [2.45, 2.75) is 32.5 Å². The first kappa shape index (κ1) is 20.5. The van der Waals surface area contributed by atoms with E-state index in [0.717, 1.165) is 39.1 Å². The fraction of sp³-hybridized carbons (Fsp3) is 0.435. The predicted molar refractivity (Wildman–Crippen MR) is 110 cm³/mol. The van der Waals surface area contributed by atoms with E-state index < -0.39 is 0 Å². The van der Waals surface area contributed by atoms with Crippen LogP contribution in [0.15, 0.2) is 48.5 Å². The lowest BCUT2D eigenvalue weighted by molar-refractivity contribution is 0.0498. The normalized spacial score (nSPS) is 18.2. The molecule has 5 nitrogen and oxygen atoms in total. The van der Waals surface area contributed by atoms with E-state index in [0.29, 0.717) is 11.6 Å². The summed E-state index contributed by atoms with van der Waals surface area (Å²) in [6, 6.07) is 16.5. The van der Waals surface area contributed by atoms with Gasteiger partial charge in [0.1, 0.15) is 0 Å². The van der Waals surface area contributed by atoms with E-state index in [-0.39, 0.29) is 12.6 Å². The van der Waals surface area contributed by atoms with Crippen LogP contribution in [0.2, 0.25) is 0 Å². The summed E-state index contributed by atoms with van der Waals surface area (Å²) < 4.78 is 4.76. The monoisotopic (exact) mass is 382 g/mol. The third-order valence-corrected chi connectivity index (χ3v) is 5.57. The van der Waals surface area contributed by atoms with E-state index >= 15 is 0 Å². The lowest BCUT2D eigenvalue weighted by atomic mass is 10.0. The molecule has 0 saturated carbocycles. The molecule has 150 valence electrons. The number of esters is 1. The van der Waals surface area contributed by atoms with Crippen LogP contribution in [-0.2, 0) is 17.8 Å². The van der Waals surface area contributed by atoms with Crippen molar-refractivity contribution >= 4 is 5.97 Å². The van der Waals surface area contributed by atoms with Crippen molar-refractivity contribution in [2.24, 2.45) is 0 Å². The molecule has 0 aliphatic carbocycles. The summed E-state index contributed by atoms with van der Waals surface area (Å²) in [5.41, 5.74) is 4.44. The van der Waals surface area contributed by atoms with Crippen molar-refractivity contribution in [3.8, 4) is 0 Å². The van der Waals surface area contributed by atoms with Gasteiger partial charge in [0.2, 0.25) is 0 Å². The van der Waals surface area contributed by atoms with Gasteiger partial charge in [0, 0.05) is 45.4 Å². The maximum atomic E-state index is 11.6. The van der Waals surface area contributed by atoms with Gasteiger partial charge >= 0.3 is 5.97 Å². The maximum Gasteiger partial charge on any atom is 0.337 e. The van der Waals surface area contributed by atoms with Gasteiger partial charge in [-0.2, -0.15) is 0 Å². The average molecular weight is 383 g/mol. The first-order chi connectivity index (χ1) is 13.6. The highest BCUT2D eigenvalue weighted by molar-refractivity contribution is 5.89. The van der Waals surface area contributed by atoms with Crippen molar-refractivity contribution < 1.29 is 14.6 Å². The minimum Gasteiger partial charge on any atom is -0.465 e. The van der Waals surface area contributed by atoms with E-state index in [4.69, 9.17) is 4.74 Å². The lowest BCUT2D eigenvalue weighted by Crippen LogP contribution is -2.52. The zero-order chi connectivity index (χ0) is 19.9. The van der Waals surface area contributed by atoms with Crippen molar-refractivity contribution in [1.82, 2.24) is 9.80 Å². The molecule has 1 aliphatic heterocycles. The largest absolute Gasteiger partial charge is 0.465 e. The van der Waals surface area contributed by atoms with Crippen LogP contribution in [0.3, 0.4) is 0 Å². The van der Waals surface area contributed by atoms with Gasteiger partial charge < -0.3 is 9.84 Å². The van der Waals surface area contributed by atoms with Gasteiger partial charge in [0.05, 0.1) is 12.7 Å². The second kappa shape index (κ2) is 9.82. The minimum atomic E-state index is -0.306. The molecule has 1 saturated heterocycles. The molecular formula is C23H30N2O3. The minimum absolute atomic E-state index is 0.205. The number of rotatable bonds is 7. The van der Waals surface area contributed by atoms with Gasteiger partial charge in [-0.1, -0.05) is 36.4 Å². The summed E-state index contributed by atoms with van der Waals surface area (Å²) in [7, 11) is 1.40. The summed E-state index contributed by atoms with van der Waals surface area (Å²) in [4.78, 5) is 16.5. The number of aliphatic hydroxyl groups is 1. The molecular weight excluding hydrogens is 352 g/mol. The molecule has 1 atom stereocenters. The van der Waals surface area contributed by atoms with Crippen LogP contribution in [0, 0.1) is 6.92 Å². The fourth-order valence-electron chi connectivity index (χ4n) is 3.86. The Morgan fingerprint density at radius 1 is 1.11 bits per heavy atom. The van der Waals surface area contributed by atoms with Gasteiger partial charge in [0.25, 0.3) is 0 Å². The van der Waals surface area contributed by atoms with E-state index in [1.807, 2.05) is 24.3 Å². The first-order valence-electron chi connectivity index (χ1n) is 9.89. The van der Waals surface area contributed by atoms with Crippen molar-refractivity contribution in [1.29, 1.82) is 0 Å². The van der Waals surface area contributed by atoms with Crippen LogP contribution < -0.4 is 0 Å². The van der Waals surface area contributed by atoms with Gasteiger partial charge in [-0.15, -0.1) is 0 Å². The van der Waals surface area contributed by atoms with Crippen LogP contribution in [-0.4, -0.2) is 60.3 Å². The van der Waals surface area contributed by atoms with Crippen LogP contribution in [0.5, 0.6) is 0 Å². The Kier molecular flexibility index (Phi) is 7.20. The summed E-state index contributed by atoms with van der Waals surface area (Å²) in [5, 5.41) is 9.55. The number of piperazine rings is 1. The Labute approximate surface area is 167 Å². The Morgan fingerprint density at radius 2 is 1.86 bits per heavy atom. The smallest absolute Gasteiger partial charge is 0.337 e. The zero-order valence-corrected chi connectivity index (χ0v) is 16.8. The number of hydrogen-bond donors (Lipinski definition) is 1. The average Bonchev–Trinajstić information content (AvgIpc) is 2.71. The van der Waals surface area contributed by atoms with Crippen LogP contribution in [0.25, 0.3) is 0 Å². The Hall–Kier alpha value is -2.21. The number of aryl methyl sites for hydroxylation is 1. The molecule has 1 aliphatic rings. The third-order valence-electron chi connectivity index (χ3n) is 5.57. The number of methoxy groups -OCH3 is 1. The van der Waals surface area contributed by atoms with Crippen LogP contribution >= 0.6 is 0 Å². The number of ether oxygens (including phenoxy) is 1. The Morgan fingerprint density at radius 3 is 2.54 bits per heavy atom. The van der Waals surface area contributed by atoms with Gasteiger partial charge in [-0.25, -0.2) is 4.79 Å². The van der Waals surface area contributed by atoms with Gasteiger partial charge in [0.15, 0.2) is 0 Å². The quantitative estimate of drug-likeness (QED) is 0.747. The Balaban J connectivity index is 1.62. The molecule has 1 heterocycles. The number of carbonyl (C=O) groups excluding carboxylic acids is 1. The van der Waals surface area contributed by atoms with E-state index in [1.54, 1.807) is 0 Å². The molecule has 0 radical (unpaired) electrons. The number of benzene rings is 2. The maximum absolute atomic E-state index is 11.6. The second-order valence-corrected chi connectivity index (χ2v) is 7.49. The number of hydrogen-bond acceptors (Lipinski definition) is 5. The summed E-state index contributed by atoms with van der Waals surface area (Å²) in [5.74, 6) is -0.306. The molecule has 1 unspecified atom stereocenters. The highest BCUT2D eigenvalue weighted by atomic mass is 16.5. The topological polar surface area (TPSA) is 53.0 Å². The molecule has 1 N–H and O–H groups in total. The standard InChI is InChI=1S/C23H30N2O3/c1-18-5-3-4-6-21(18)16-25-13-12-24(17-22(25)11-14-26)15-19-7-9-20(10-8-19)23(27)28-2/h3-10,22,26H,11-17H2,1-2H3. The predicted octanol–water partition coefficient (Wildman–Crippen LogP) is 2.85. The third kappa shape index (κ3) is 5.19. The van der Waals surface area contributed by atoms with Gasteiger partial charge in [-0.05, 0) is 42.2 Å². The fourth-order valence-corrected chi connectivity index (χ4v) is 3.86. The van der Waals surface area contributed by atoms with Crippen molar-refractivity contribution in [3.05, 3.63) is 70.8 Å². The zero-order valence-electron chi connectivity index (χ0n) is 16.8. The molecule has 28 heavy (non-hydrogen) atoms. The van der Waals surface area contributed by atoms with Crippen molar-refractivity contribution in [2.75, 3.05) is 33.4 Å². The SMILES string of the molecule is COC(=O)c1ccc(CN2CCN(Cc3ccccc3C)C(CCO)C2)cc1. The van der Waals surface area contributed by atoms with E-state index in [1.165, 1.54) is 23.8 Å². The number of aliphatic hydroxyl groups excluding tert-OH is 1. The number of carbonyl (C=O) groups is 1. The lowest BCUT2D eigenvalue weighted by Gasteiger charge is -2.41. The molecule has 1 fully saturated rings. The molecule has 0 aromatic heterocycles. The highest BCUT2D eigenvalue weighted by Crippen LogP contribution is 2.20. The summed E-state index contributed by atoms with van der Waals surface area (Å²) in [6.07, 6.45) is 0.781. The number of nitrogens with zero attached hydrogens (tertiary/aromatic N) is 2. The molecule has 0 spiro atoms. The Bertz CT molecular complexity index is 776. The molecule has 3 rings (SSSR count). The second-order valence-electron chi connectivity index (χ2n) is 7.49. The molecule has 0 bridgehead atoms. The van der Waals surface area contributed by atoms with E-state index in [9.17, 15) is 9.90 Å². The van der Waals surface area contributed by atoms with Crippen LogP contribution in [0.4, 0.5) is 0 Å². The van der Waals surface area contributed by atoms with Crippen LogP contribution in [0.1, 0.15) is 33.5 Å². The summed E-state index contributed by atoms with van der Waals surface area (Å²) in [6.45, 7) is 7.05. The molecule has 2 aromatic carbocycles. The highest BCUT2D eigenvalue weighted by Gasteiger charge is 2.27. The van der Waals surface area contributed by atoms with Gasteiger partial charge in [-0.3, -0.25) is 9.80 Å². The molecule has 2 aromatic rings. The molecule has 5 heteroatoms. The van der Waals surface area contributed by atoms with Crippen molar-refractivity contribution in [3.63, 3.8) is 0 Å².